The molecule has 1 saturated heterocycles. The van der Waals surface area contributed by atoms with E-state index < -0.39 is 0 Å². The number of rotatable bonds is 4. The topological polar surface area (TPSA) is 71.5 Å². The van der Waals surface area contributed by atoms with Gasteiger partial charge in [-0.2, -0.15) is 0 Å². The zero-order chi connectivity index (χ0) is 15.4. The average Bonchev–Trinajstić information content (AvgIpc) is 2.81. The van der Waals surface area contributed by atoms with Crippen LogP contribution in [0.5, 0.6) is 0 Å². The number of carbonyl (C=O) groups excluding carboxylic acids is 2. The standard InChI is InChI=1S/C14H18ClN3O3/c1-9-6-18(7-10(9)14(20)21-2)8-12(19)17-11-4-3-5-16-13(11)15/h3-5,9-10H,6-8H2,1-2H3,(H,17,19). The third-order valence-corrected chi connectivity index (χ3v) is 3.89. The van der Waals surface area contributed by atoms with E-state index in [-0.39, 0.29) is 35.4 Å². The minimum Gasteiger partial charge on any atom is -0.469 e. The number of pyridine rings is 1. The summed E-state index contributed by atoms with van der Waals surface area (Å²) in [5, 5.41) is 2.98. The SMILES string of the molecule is COC(=O)C1CN(CC(=O)Nc2cccnc2Cl)CC1C. The summed E-state index contributed by atoms with van der Waals surface area (Å²) in [7, 11) is 1.38. The predicted octanol–water partition coefficient (Wildman–Crippen LogP) is 1.41. The molecule has 1 fully saturated rings. The highest BCUT2D eigenvalue weighted by Crippen LogP contribution is 2.24. The van der Waals surface area contributed by atoms with Gasteiger partial charge in [-0.05, 0) is 18.1 Å². The van der Waals surface area contributed by atoms with Crippen LogP contribution in [0.15, 0.2) is 18.3 Å². The van der Waals surface area contributed by atoms with E-state index in [1.54, 1.807) is 18.3 Å². The quantitative estimate of drug-likeness (QED) is 0.672. The van der Waals surface area contributed by atoms with Crippen LogP contribution in [-0.4, -0.2) is 48.5 Å². The second-order valence-electron chi connectivity index (χ2n) is 5.19. The van der Waals surface area contributed by atoms with Crippen molar-refractivity contribution < 1.29 is 14.3 Å². The lowest BCUT2D eigenvalue weighted by Gasteiger charge is -2.15. The summed E-state index contributed by atoms with van der Waals surface area (Å²) in [6.45, 7) is 3.41. The number of esters is 1. The van der Waals surface area contributed by atoms with Crippen molar-refractivity contribution in [1.82, 2.24) is 9.88 Å². The van der Waals surface area contributed by atoms with E-state index in [1.165, 1.54) is 7.11 Å². The maximum absolute atomic E-state index is 12.0. The first-order valence-electron chi connectivity index (χ1n) is 6.71. The molecule has 1 N–H and O–H groups in total. The number of likely N-dealkylation sites (tertiary alicyclic amines) is 1. The molecule has 1 aromatic heterocycles. The molecule has 7 heteroatoms. The normalized spacial score (nSPS) is 22.0. The molecule has 0 aromatic carbocycles. The largest absolute Gasteiger partial charge is 0.469 e. The molecule has 2 rings (SSSR count). The summed E-state index contributed by atoms with van der Waals surface area (Å²) in [5.41, 5.74) is 0.487. The Hall–Kier alpha value is -1.66. The molecule has 0 radical (unpaired) electrons. The van der Waals surface area contributed by atoms with Crippen molar-refractivity contribution >= 4 is 29.2 Å². The molecule has 2 unspecified atom stereocenters. The highest BCUT2D eigenvalue weighted by molar-refractivity contribution is 6.32. The monoisotopic (exact) mass is 311 g/mol. The number of anilines is 1. The highest BCUT2D eigenvalue weighted by Gasteiger charge is 2.36. The van der Waals surface area contributed by atoms with Crippen LogP contribution in [0.1, 0.15) is 6.92 Å². The van der Waals surface area contributed by atoms with Crippen LogP contribution >= 0.6 is 11.6 Å². The maximum atomic E-state index is 12.0. The Morgan fingerprint density at radius 3 is 2.95 bits per heavy atom. The smallest absolute Gasteiger partial charge is 0.310 e. The number of ether oxygens (including phenoxy) is 1. The lowest BCUT2D eigenvalue weighted by atomic mass is 9.99. The number of methoxy groups -OCH3 is 1. The molecule has 0 aliphatic carbocycles. The summed E-state index contributed by atoms with van der Waals surface area (Å²) >= 11 is 5.89. The van der Waals surface area contributed by atoms with E-state index in [2.05, 4.69) is 10.3 Å². The van der Waals surface area contributed by atoms with Gasteiger partial charge in [0.1, 0.15) is 0 Å². The zero-order valence-electron chi connectivity index (χ0n) is 12.0. The molecular weight excluding hydrogens is 294 g/mol. The molecular formula is C14H18ClN3O3. The van der Waals surface area contributed by atoms with Gasteiger partial charge in [0.05, 0.1) is 25.3 Å². The molecule has 1 aliphatic heterocycles. The lowest BCUT2D eigenvalue weighted by molar-refractivity contribution is -0.146. The van der Waals surface area contributed by atoms with Gasteiger partial charge in [-0.1, -0.05) is 18.5 Å². The summed E-state index contributed by atoms with van der Waals surface area (Å²) < 4.78 is 4.78. The van der Waals surface area contributed by atoms with Gasteiger partial charge in [-0.3, -0.25) is 14.5 Å². The zero-order valence-corrected chi connectivity index (χ0v) is 12.8. The van der Waals surface area contributed by atoms with Gasteiger partial charge in [0.15, 0.2) is 5.15 Å². The number of hydrogen-bond acceptors (Lipinski definition) is 5. The lowest BCUT2D eigenvalue weighted by Crippen LogP contribution is -2.32. The fourth-order valence-electron chi connectivity index (χ4n) is 2.53. The van der Waals surface area contributed by atoms with Crippen LogP contribution in [0.25, 0.3) is 0 Å². The molecule has 6 nitrogen and oxygen atoms in total. The van der Waals surface area contributed by atoms with Gasteiger partial charge in [0, 0.05) is 19.3 Å². The van der Waals surface area contributed by atoms with Crippen LogP contribution in [0.4, 0.5) is 5.69 Å². The van der Waals surface area contributed by atoms with Crippen molar-refractivity contribution in [2.75, 3.05) is 32.1 Å². The Kier molecular flexibility index (Phi) is 5.14. The number of aromatic nitrogens is 1. The van der Waals surface area contributed by atoms with E-state index in [0.29, 0.717) is 18.8 Å². The van der Waals surface area contributed by atoms with Crippen molar-refractivity contribution in [3.63, 3.8) is 0 Å². The fraction of sp³-hybridized carbons (Fsp3) is 0.500. The van der Waals surface area contributed by atoms with Crippen LogP contribution in [0.3, 0.4) is 0 Å². The van der Waals surface area contributed by atoms with E-state index in [0.717, 1.165) is 0 Å². The molecule has 1 aliphatic rings. The summed E-state index contributed by atoms with van der Waals surface area (Å²) in [6, 6.07) is 3.39. The molecule has 114 valence electrons. The Balaban J connectivity index is 1.90. The molecule has 1 aromatic rings. The summed E-state index contributed by atoms with van der Waals surface area (Å²) in [6.07, 6.45) is 1.56. The minimum absolute atomic E-state index is 0.173. The summed E-state index contributed by atoms with van der Waals surface area (Å²) in [4.78, 5) is 29.5. The average molecular weight is 312 g/mol. The molecule has 1 amide bonds. The number of nitrogens with one attached hydrogen (secondary N) is 1. The van der Waals surface area contributed by atoms with E-state index in [9.17, 15) is 9.59 Å². The molecule has 0 bridgehead atoms. The number of halogens is 1. The first-order valence-corrected chi connectivity index (χ1v) is 7.09. The van der Waals surface area contributed by atoms with E-state index in [1.807, 2.05) is 11.8 Å². The Labute approximate surface area is 128 Å². The van der Waals surface area contributed by atoms with Gasteiger partial charge >= 0.3 is 5.97 Å². The fourth-order valence-corrected chi connectivity index (χ4v) is 2.69. The molecule has 0 saturated carbocycles. The van der Waals surface area contributed by atoms with Gasteiger partial charge in [-0.15, -0.1) is 0 Å². The van der Waals surface area contributed by atoms with Crippen molar-refractivity contribution in [2.45, 2.75) is 6.92 Å². The molecule has 0 spiro atoms. The van der Waals surface area contributed by atoms with E-state index >= 15 is 0 Å². The second kappa shape index (κ2) is 6.87. The summed E-state index contributed by atoms with van der Waals surface area (Å²) in [5.74, 6) is -0.402. The van der Waals surface area contributed by atoms with Crippen LogP contribution < -0.4 is 5.32 Å². The highest BCUT2D eigenvalue weighted by atomic mass is 35.5. The van der Waals surface area contributed by atoms with Gasteiger partial charge < -0.3 is 10.1 Å². The van der Waals surface area contributed by atoms with E-state index in [4.69, 9.17) is 16.3 Å². The number of nitrogens with zero attached hydrogens (tertiary/aromatic N) is 2. The molecule has 2 heterocycles. The van der Waals surface area contributed by atoms with Crippen molar-refractivity contribution in [3.8, 4) is 0 Å². The van der Waals surface area contributed by atoms with Crippen molar-refractivity contribution in [3.05, 3.63) is 23.5 Å². The number of amides is 1. The van der Waals surface area contributed by atoms with Crippen LogP contribution in [-0.2, 0) is 14.3 Å². The third-order valence-electron chi connectivity index (χ3n) is 3.59. The van der Waals surface area contributed by atoms with Crippen molar-refractivity contribution in [1.29, 1.82) is 0 Å². The van der Waals surface area contributed by atoms with Crippen molar-refractivity contribution in [2.24, 2.45) is 11.8 Å². The predicted molar refractivity (Wildman–Crippen MR) is 79.0 cm³/mol. The number of carbonyl (C=O) groups is 2. The van der Waals surface area contributed by atoms with Gasteiger partial charge in [0.25, 0.3) is 0 Å². The van der Waals surface area contributed by atoms with Crippen LogP contribution in [0, 0.1) is 11.8 Å². The maximum Gasteiger partial charge on any atom is 0.310 e. The molecule has 2 atom stereocenters. The first-order chi connectivity index (χ1) is 10.0. The third kappa shape index (κ3) is 3.92. The van der Waals surface area contributed by atoms with Gasteiger partial charge in [-0.25, -0.2) is 4.98 Å². The first kappa shape index (κ1) is 15.7. The Bertz CT molecular complexity index is 538. The molecule has 21 heavy (non-hydrogen) atoms. The Morgan fingerprint density at radius 2 is 2.29 bits per heavy atom. The number of hydrogen-bond donors (Lipinski definition) is 1. The van der Waals surface area contributed by atoms with Crippen LogP contribution in [0.2, 0.25) is 5.15 Å². The second-order valence-corrected chi connectivity index (χ2v) is 5.55. The van der Waals surface area contributed by atoms with Gasteiger partial charge in [0.2, 0.25) is 5.91 Å². The Morgan fingerprint density at radius 1 is 1.52 bits per heavy atom. The minimum atomic E-state index is -0.222.